The van der Waals surface area contributed by atoms with E-state index in [-0.39, 0.29) is 30.0 Å². The molecule has 0 bridgehead atoms. The maximum absolute atomic E-state index is 13.0. The Labute approximate surface area is 207 Å². The molecule has 1 aromatic carbocycles. The zero-order valence-corrected chi connectivity index (χ0v) is 19.5. The highest BCUT2D eigenvalue weighted by atomic mass is 16.2. The van der Waals surface area contributed by atoms with Gasteiger partial charge in [-0.1, -0.05) is 6.07 Å². The molecule has 3 aliphatic rings. The molecule has 1 saturated carbocycles. The highest BCUT2D eigenvalue weighted by Crippen LogP contribution is 2.32. The third kappa shape index (κ3) is 4.49. The number of fused-ring (bicyclic) bond motifs is 1. The Morgan fingerprint density at radius 3 is 2.67 bits per heavy atom. The minimum Gasteiger partial charge on any atom is -0.404 e. The van der Waals surface area contributed by atoms with Gasteiger partial charge in [0, 0.05) is 42.8 Å². The fraction of sp³-hybridized carbons (Fsp3) is 0.308. The van der Waals surface area contributed by atoms with Gasteiger partial charge in [-0.3, -0.25) is 39.4 Å². The van der Waals surface area contributed by atoms with Crippen molar-refractivity contribution in [3.05, 3.63) is 65.6 Å². The molecule has 10 nitrogen and oxygen atoms in total. The van der Waals surface area contributed by atoms with Crippen molar-refractivity contribution in [3.63, 3.8) is 0 Å². The Bertz CT molecular complexity index is 1280. The first kappa shape index (κ1) is 23.4. The molecule has 36 heavy (non-hydrogen) atoms. The Morgan fingerprint density at radius 1 is 1.14 bits per heavy atom. The number of carbonyl (C=O) groups excluding carboxylic acids is 4. The number of pyridine rings is 1. The summed E-state index contributed by atoms with van der Waals surface area (Å²) in [4.78, 5) is 59.3. The van der Waals surface area contributed by atoms with E-state index in [1.165, 1.54) is 6.20 Å². The second-order valence-corrected chi connectivity index (χ2v) is 9.19. The van der Waals surface area contributed by atoms with Crippen LogP contribution in [0.15, 0.2) is 53.8 Å². The van der Waals surface area contributed by atoms with E-state index in [9.17, 15) is 19.2 Å². The number of allylic oxidation sites excluding steroid dienone is 1. The van der Waals surface area contributed by atoms with Crippen molar-refractivity contribution < 1.29 is 19.2 Å². The molecule has 1 atom stereocenters. The summed E-state index contributed by atoms with van der Waals surface area (Å²) in [6.45, 7) is 0.712. The lowest BCUT2D eigenvalue weighted by molar-refractivity contribution is -0.136. The number of anilines is 1. The quantitative estimate of drug-likeness (QED) is 0.399. The number of nitrogens with one attached hydrogen (secondary N) is 2. The number of carbonyl (C=O) groups is 4. The number of piperidine rings is 1. The molecule has 2 aromatic rings. The summed E-state index contributed by atoms with van der Waals surface area (Å²) in [6, 6.07) is 9.91. The molecule has 5 rings (SSSR count). The average Bonchev–Trinajstić information content (AvgIpc) is 3.10. The van der Waals surface area contributed by atoms with Gasteiger partial charge in [-0.25, -0.2) is 0 Å². The molecule has 184 valence electrons. The number of benzene rings is 1. The molecule has 10 heteroatoms. The molecule has 3 heterocycles. The molecule has 1 aliphatic carbocycles. The minimum atomic E-state index is -0.966. The fourth-order valence-electron chi connectivity index (χ4n) is 4.75. The number of hydrogen-bond acceptors (Lipinski definition) is 8. The zero-order chi connectivity index (χ0) is 25.2. The number of amides is 4. The van der Waals surface area contributed by atoms with Gasteiger partial charge in [0.15, 0.2) is 0 Å². The van der Waals surface area contributed by atoms with Gasteiger partial charge in [0.05, 0.1) is 22.9 Å². The second kappa shape index (κ2) is 9.73. The molecule has 2 aliphatic heterocycles. The van der Waals surface area contributed by atoms with E-state index < -0.39 is 29.7 Å². The van der Waals surface area contributed by atoms with Crippen LogP contribution >= 0.6 is 0 Å². The number of nitrogens with zero attached hydrogens (tertiary/aromatic N) is 3. The fourth-order valence-corrected chi connectivity index (χ4v) is 4.75. The minimum absolute atomic E-state index is 0.0933. The van der Waals surface area contributed by atoms with Crippen LogP contribution in [0.2, 0.25) is 0 Å². The number of nitrogens with two attached hydrogens (primary N) is 1. The van der Waals surface area contributed by atoms with E-state index >= 15 is 0 Å². The SMILES string of the molecule is NC=C(C=NC1CC(CNc2ccc3c(c2)C(=O)N(C2CCC(=O)NC2=O)C3=O)C1)c1ccccn1. The molecular formula is C26H26N6O4. The largest absolute Gasteiger partial charge is 0.404 e. The van der Waals surface area contributed by atoms with Crippen LogP contribution in [0.5, 0.6) is 0 Å². The average molecular weight is 487 g/mol. The molecule has 1 aromatic heterocycles. The molecule has 1 unspecified atom stereocenters. The summed E-state index contributed by atoms with van der Waals surface area (Å²) in [6.07, 6.45) is 7.07. The first-order valence-corrected chi connectivity index (χ1v) is 11.9. The number of imide groups is 2. The lowest BCUT2D eigenvalue weighted by atomic mass is 9.80. The van der Waals surface area contributed by atoms with Crippen molar-refractivity contribution in [2.24, 2.45) is 16.6 Å². The Morgan fingerprint density at radius 2 is 1.94 bits per heavy atom. The standard InChI is InChI=1S/C26H26N6O4/c27-12-16(21-3-1-2-8-28-21)14-30-18-9-15(10-18)13-29-17-4-5-19-20(11-17)26(36)32(25(19)35)22-6-7-23(33)31-24(22)34/h1-5,8,11-12,14-15,18,22,29H,6-7,9-10,13,27H2,(H,31,33,34). The van der Waals surface area contributed by atoms with Crippen LogP contribution in [0.3, 0.4) is 0 Å². The van der Waals surface area contributed by atoms with E-state index in [2.05, 4.69) is 20.6 Å². The highest BCUT2D eigenvalue weighted by Gasteiger charge is 2.44. The molecule has 0 radical (unpaired) electrons. The number of aliphatic imine (C=N–C) groups is 1. The normalized spacial score (nSPS) is 24.1. The van der Waals surface area contributed by atoms with Gasteiger partial charge in [0.25, 0.3) is 11.8 Å². The first-order valence-electron chi connectivity index (χ1n) is 11.9. The van der Waals surface area contributed by atoms with Gasteiger partial charge in [0.2, 0.25) is 11.8 Å². The van der Waals surface area contributed by atoms with Gasteiger partial charge >= 0.3 is 0 Å². The van der Waals surface area contributed by atoms with E-state index in [0.29, 0.717) is 12.5 Å². The van der Waals surface area contributed by atoms with Crippen LogP contribution in [-0.4, -0.2) is 58.4 Å². The van der Waals surface area contributed by atoms with Crippen molar-refractivity contribution in [1.82, 2.24) is 15.2 Å². The maximum Gasteiger partial charge on any atom is 0.262 e. The topological polar surface area (TPSA) is 147 Å². The van der Waals surface area contributed by atoms with Crippen molar-refractivity contribution in [2.75, 3.05) is 11.9 Å². The molecule has 1 saturated heterocycles. The lowest BCUT2D eigenvalue weighted by Crippen LogP contribution is -2.54. The lowest BCUT2D eigenvalue weighted by Gasteiger charge is -2.33. The molecule has 4 amide bonds. The van der Waals surface area contributed by atoms with Gasteiger partial charge < -0.3 is 11.1 Å². The molecule has 4 N–H and O–H groups in total. The zero-order valence-electron chi connectivity index (χ0n) is 19.5. The summed E-state index contributed by atoms with van der Waals surface area (Å²) in [5, 5.41) is 5.55. The van der Waals surface area contributed by atoms with E-state index in [1.807, 2.05) is 18.2 Å². The summed E-state index contributed by atoms with van der Waals surface area (Å²) in [5.41, 5.74) is 8.55. The van der Waals surface area contributed by atoms with Gasteiger partial charge in [-0.15, -0.1) is 0 Å². The second-order valence-electron chi connectivity index (χ2n) is 9.19. The summed E-state index contributed by atoms with van der Waals surface area (Å²) in [7, 11) is 0. The number of aromatic nitrogens is 1. The highest BCUT2D eigenvalue weighted by molar-refractivity contribution is 6.23. The van der Waals surface area contributed by atoms with Crippen molar-refractivity contribution in [1.29, 1.82) is 0 Å². The van der Waals surface area contributed by atoms with Gasteiger partial charge in [-0.2, -0.15) is 0 Å². The first-order chi connectivity index (χ1) is 17.4. The van der Waals surface area contributed by atoms with Crippen LogP contribution in [0.25, 0.3) is 5.57 Å². The van der Waals surface area contributed by atoms with E-state index in [0.717, 1.165) is 34.7 Å². The van der Waals surface area contributed by atoms with Crippen LogP contribution < -0.4 is 16.4 Å². The molecular weight excluding hydrogens is 460 g/mol. The summed E-state index contributed by atoms with van der Waals surface area (Å²) in [5.74, 6) is -1.60. The predicted molar refractivity (Wildman–Crippen MR) is 133 cm³/mol. The molecule has 0 spiro atoms. The van der Waals surface area contributed by atoms with Crippen molar-refractivity contribution in [2.45, 2.75) is 37.8 Å². The van der Waals surface area contributed by atoms with Crippen LogP contribution in [0, 0.1) is 5.92 Å². The Kier molecular flexibility index (Phi) is 6.32. The summed E-state index contributed by atoms with van der Waals surface area (Å²) >= 11 is 0. The van der Waals surface area contributed by atoms with E-state index in [4.69, 9.17) is 5.73 Å². The molecule has 2 fully saturated rings. The van der Waals surface area contributed by atoms with Crippen LogP contribution in [-0.2, 0) is 9.59 Å². The van der Waals surface area contributed by atoms with Crippen LogP contribution in [0.4, 0.5) is 5.69 Å². The predicted octanol–water partition coefficient (Wildman–Crippen LogP) is 1.74. The third-order valence-electron chi connectivity index (χ3n) is 6.81. The van der Waals surface area contributed by atoms with Gasteiger partial charge in [-0.05, 0) is 55.5 Å². The number of rotatable bonds is 7. The Balaban J connectivity index is 1.15. The van der Waals surface area contributed by atoms with E-state index in [1.54, 1.807) is 30.6 Å². The van der Waals surface area contributed by atoms with Crippen molar-refractivity contribution >= 4 is 41.1 Å². The number of hydrogen-bond donors (Lipinski definition) is 3. The third-order valence-corrected chi connectivity index (χ3v) is 6.81. The smallest absolute Gasteiger partial charge is 0.262 e. The monoisotopic (exact) mass is 486 g/mol. The van der Waals surface area contributed by atoms with Gasteiger partial charge in [0.1, 0.15) is 6.04 Å². The van der Waals surface area contributed by atoms with Crippen LogP contribution in [0.1, 0.15) is 52.1 Å². The maximum atomic E-state index is 13.0. The Hall–Kier alpha value is -4.34. The van der Waals surface area contributed by atoms with Crippen molar-refractivity contribution in [3.8, 4) is 0 Å². The summed E-state index contributed by atoms with van der Waals surface area (Å²) < 4.78 is 0.